The van der Waals surface area contributed by atoms with Crippen molar-refractivity contribution in [2.75, 3.05) is 13.7 Å². The molecule has 0 aliphatic carbocycles. The van der Waals surface area contributed by atoms with E-state index in [4.69, 9.17) is 5.26 Å². The molecule has 3 nitrogen and oxygen atoms in total. The van der Waals surface area contributed by atoms with Crippen molar-refractivity contribution in [2.24, 2.45) is 4.99 Å². The van der Waals surface area contributed by atoms with Crippen LogP contribution in [0.3, 0.4) is 0 Å². The summed E-state index contributed by atoms with van der Waals surface area (Å²) < 4.78 is 0. The molecule has 0 aromatic rings. The Bertz CT molecular complexity index is 144. The Hall–Kier alpha value is -0.880. The van der Waals surface area contributed by atoms with E-state index in [0.29, 0.717) is 6.67 Å². The molecular weight excluding hydrogens is 102 g/mol. The molecule has 1 rings (SSSR count). The first kappa shape index (κ1) is 5.26. The summed E-state index contributed by atoms with van der Waals surface area (Å²) >= 11 is 0. The van der Waals surface area contributed by atoms with Crippen molar-refractivity contribution < 1.29 is 0 Å². The molecule has 3 heteroatoms. The highest BCUT2D eigenvalue weighted by atomic mass is 15.2. The summed E-state index contributed by atoms with van der Waals surface area (Å²) in [5.74, 6) is 0. The highest BCUT2D eigenvalue weighted by Crippen LogP contribution is 1.97. The van der Waals surface area contributed by atoms with Gasteiger partial charge in [-0.1, -0.05) is 0 Å². The van der Waals surface area contributed by atoms with Crippen LogP contribution in [0.5, 0.6) is 0 Å². The normalized spacial score (nSPS) is 28.2. The van der Waals surface area contributed by atoms with Crippen LogP contribution in [-0.2, 0) is 0 Å². The molecule has 1 unspecified atom stereocenters. The molecule has 0 aromatic carbocycles. The minimum Gasteiger partial charge on any atom is -0.279 e. The standard InChI is InChI=1S/C5H7N3/c1-8-4-7-3-5(8)2-6/h3,5H,4H2,1H3. The molecule has 42 valence electrons. The molecule has 0 bridgehead atoms. The van der Waals surface area contributed by atoms with Gasteiger partial charge < -0.3 is 0 Å². The second kappa shape index (κ2) is 1.93. The van der Waals surface area contributed by atoms with Gasteiger partial charge in [0.15, 0.2) is 0 Å². The second-order valence-electron chi connectivity index (χ2n) is 1.80. The monoisotopic (exact) mass is 109 g/mol. The van der Waals surface area contributed by atoms with Crippen molar-refractivity contribution in [2.45, 2.75) is 6.04 Å². The lowest BCUT2D eigenvalue weighted by Gasteiger charge is -2.07. The van der Waals surface area contributed by atoms with Gasteiger partial charge in [-0.2, -0.15) is 5.26 Å². The van der Waals surface area contributed by atoms with Gasteiger partial charge in [-0.05, 0) is 7.05 Å². The van der Waals surface area contributed by atoms with Gasteiger partial charge in [-0.15, -0.1) is 0 Å². The van der Waals surface area contributed by atoms with Crippen LogP contribution in [0.1, 0.15) is 0 Å². The molecule has 1 aliphatic heterocycles. The van der Waals surface area contributed by atoms with E-state index < -0.39 is 0 Å². The lowest BCUT2D eigenvalue weighted by Crippen LogP contribution is -2.25. The van der Waals surface area contributed by atoms with Crippen LogP contribution in [0.25, 0.3) is 0 Å². The van der Waals surface area contributed by atoms with Crippen LogP contribution < -0.4 is 0 Å². The van der Waals surface area contributed by atoms with Crippen LogP contribution >= 0.6 is 0 Å². The Morgan fingerprint density at radius 3 is 3.00 bits per heavy atom. The van der Waals surface area contributed by atoms with E-state index in [-0.39, 0.29) is 6.04 Å². The fourth-order valence-electron chi connectivity index (χ4n) is 0.609. The quantitative estimate of drug-likeness (QED) is 0.434. The van der Waals surface area contributed by atoms with E-state index >= 15 is 0 Å². The fraction of sp³-hybridized carbons (Fsp3) is 0.600. The van der Waals surface area contributed by atoms with Gasteiger partial charge in [0.2, 0.25) is 0 Å². The zero-order chi connectivity index (χ0) is 5.98. The topological polar surface area (TPSA) is 39.4 Å². The molecule has 1 heterocycles. The van der Waals surface area contributed by atoms with Crippen molar-refractivity contribution in [1.29, 1.82) is 5.26 Å². The highest BCUT2D eigenvalue weighted by Gasteiger charge is 2.14. The number of rotatable bonds is 0. The fourth-order valence-corrected chi connectivity index (χ4v) is 0.609. The summed E-state index contributed by atoms with van der Waals surface area (Å²) in [7, 11) is 1.88. The molecule has 0 fully saturated rings. The molecule has 8 heavy (non-hydrogen) atoms. The number of hydrogen-bond donors (Lipinski definition) is 0. The van der Waals surface area contributed by atoms with Crippen molar-refractivity contribution in [1.82, 2.24) is 4.90 Å². The third-order valence-corrected chi connectivity index (χ3v) is 1.16. The van der Waals surface area contributed by atoms with Gasteiger partial charge in [0.1, 0.15) is 6.04 Å². The predicted molar refractivity (Wildman–Crippen MR) is 30.5 cm³/mol. The van der Waals surface area contributed by atoms with Crippen LogP contribution in [0.4, 0.5) is 0 Å². The van der Waals surface area contributed by atoms with Crippen molar-refractivity contribution in [3.63, 3.8) is 0 Å². The molecule has 0 saturated carbocycles. The van der Waals surface area contributed by atoms with Gasteiger partial charge in [-0.25, -0.2) is 0 Å². The van der Waals surface area contributed by atoms with Crippen LogP contribution in [-0.4, -0.2) is 30.9 Å². The second-order valence-corrected chi connectivity index (χ2v) is 1.80. The van der Waals surface area contributed by atoms with Gasteiger partial charge in [-0.3, -0.25) is 9.89 Å². The third kappa shape index (κ3) is 0.703. The van der Waals surface area contributed by atoms with E-state index in [1.807, 2.05) is 11.9 Å². The largest absolute Gasteiger partial charge is 0.279 e. The number of hydrogen-bond acceptors (Lipinski definition) is 3. The summed E-state index contributed by atoms with van der Waals surface area (Å²) in [5.41, 5.74) is 0. The average Bonchev–Trinajstić information content (AvgIpc) is 2.14. The molecule has 0 aromatic heterocycles. The molecule has 0 amide bonds. The minimum atomic E-state index is -0.0880. The average molecular weight is 109 g/mol. The molecule has 0 spiro atoms. The molecule has 0 radical (unpaired) electrons. The summed E-state index contributed by atoms with van der Waals surface area (Å²) in [4.78, 5) is 5.77. The van der Waals surface area contributed by atoms with Gasteiger partial charge >= 0.3 is 0 Å². The van der Waals surface area contributed by atoms with Gasteiger partial charge in [0.25, 0.3) is 0 Å². The first-order valence-electron chi connectivity index (χ1n) is 2.44. The maximum Gasteiger partial charge on any atom is 0.134 e. The molecule has 1 aliphatic rings. The van der Waals surface area contributed by atoms with Crippen molar-refractivity contribution in [3.05, 3.63) is 0 Å². The van der Waals surface area contributed by atoms with E-state index in [0.717, 1.165) is 0 Å². The molecule has 1 atom stereocenters. The van der Waals surface area contributed by atoms with Crippen molar-refractivity contribution in [3.8, 4) is 6.07 Å². The smallest absolute Gasteiger partial charge is 0.134 e. The number of nitriles is 1. The SMILES string of the molecule is CN1CN=CC1C#N. The van der Waals surface area contributed by atoms with E-state index in [2.05, 4.69) is 11.1 Å². The van der Waals surface area contributed by atoms with Gasteiger partial charge in [0, 0.05) is 6.21 Å². The Morgan fingerprint density at radius 1 is 2.00 bits per heavy atom. The molecular formula is C5H7N3. The van der Waals surface area contributed by atoms with Crippen molar-refractivity contribution >= 4 is 6.21 Å². The Labute approximate surface area is 48.2 Å². The maximum absolute atomic E-state index is 8.35. The number of nitrogens with zero attached hydrogens (tertiary/aromatic N) is 3. The molecule has 0 saturated heterocycles. The number of aliphatic imine (C=N–C) groups is 1. The lowest BCUT2D eigenvalue weighted by atomic mass is 10.4. The minimum absolute atomic E-state index is 0.0880. The Morgan fingerprint density at radius 2 is 2.75 bits per heavy atom. The molecule has 0 N–H and O–H groups in total. The zero-order valence-electron chi connectivity index (χ0n) is 4.70. The van der Waals surface area contributed by atoms with Crippen LogP contribution in [0.2, 0.25) is 0 Å². The van der Waals surface area contributed by atoms with E-state index in [9.17, 15) is 0 Å². The Balaban J connectivity index is 2.57. The predicted octanol–water partition coefficient (Wildman–Crippen LogP) is -0.148. The third-order valence-electron chi connectivity index (χ3n) is 1.16. The van der Waals surface area contributed by atoms with E-state index in [1.54, 1.807) is 6.21 Å². The summed E-state index contributed by atoms with van der Waals surface area (Å²) in [6.45, 7) is 0.665. The Kier molecular flexibility index (Phi) is 1.27. The van der Waals surface area contributed by atoms with E-state index in [1.165, 1.54) is 0 Å². The van der Waals surface area contributed by atoms with Crippen LogP contribution in [0, 0.1) is 11.3 Å². The maximum atomic E-state index is 8.35. The highest BCUT2D eigenvalue weighted by molar-refractivity contribution is 5.69. The first-order chi connectivity index (χ1) is 3.84. The summed E-state index contributed by atoms with van der Waals surface area (Å²) in [5, 5.41) is 8.35. The summed E-state index contributed by atoms with van der Waals surface area (Å²) in [6.07, 6.45) is 1.67. The van der Waals surface area contributed by atoms with Gasteiger partial charge in [0.05, 0.1) is 12.7 Å². The zero-order valence-corrected chi connectivity index (χ0v) is 4.70. The van der Waals surface area contributed by atoms with Crippen LogP contribution in [0.15, 0.2) is 4.99 Å². The lowest BCUT2D eigenvalue weighted by molar-refractivity contribution is 0.377. The first-order valence-corrected chi connectivity index (χ1v) is 2.44. The summed E-state index contributed by atoms with van der Waals surface area (Å²) in [6, 6.07) is 2.00.